The lowest BCUT2D eigenvalue weighted by Crippen LogP contribution is -2.29. The van der Waals surface area contributed by atoms with Crippen molar-refractivity contribution in [1.29, 1.82) is 0 Å². The predicted octanol–water partition coefficient (Wildman–Crippen LogP) is 2.56. The van der Waals surface area contributed by atoms with Crippen molar-refractivity contribution in [1.82, 2.24) is 19.1 Å². The number of rotatable bonds is 4. The van der Waals surface area contributed by atoms with Crippen LogP contribution < -0.4 is 5.56 Å². The van der Waals surface area contributed by atoms with Gasteiger partial charge in [0.15, 0.2) is 0 Å². The topological polar surface area (TPSA) is 72.9 Å². The molecule has 0 bridgehead atoms. The molecule has 0 aliphatic rings. The molecule has 4 aromatic rings. The third-order valence-electron chi connectivity index (χ3n) is 4.84. The number of aryl methyl sites for hydroxylation is 2. The zero-order chi connectivity index (χ0) is 19.1. The predicted molar refractivity (Wildman–Crippen MR) is 101 cm³/mol. The Balaban J connectivity index is 1.60. The summed E-state index contributed by atoms with van der Waals surface area (Å²) in [5.41, 5.74) is 4.13. The molecule has 0 aliphatic carbocycles. The molecule has 1 N–H and O–H groups in total. The molecular formula is C20H19FN4O2. The van der Waals surface area contributed by atoms with Gasteiger partial charge in [-0.15, -0.1) is 0 Å². The maximum atomic E-state index is 13.3. The first kappa shape index (κ1) is 17.4. The van der Waals surface area contributed by atoms with E-state index in [4.69, 9.17) is 0 Å². The molecule has 0 fully saturated rings. The molecule has 0 saturated heterocycles. The summed E-state index contributed by atoms with van der Waals surface area (Å²) in [6.07, 6.45) is 2.23. The zero-order valence-electron chi connectivity index (χ0n) is 15.1. The molecule has 27 heavy (non-hydrogen) atoms. The standard InChI is InChI=1S/C20H19FN4O2/c1-12-5-18-19(6-13(12)2)24(10-23-18)8-15(26)9-25-11-22-17-7-14(21)3-4-16(17)20(25)27/h3-7,10-11,15,26H,8-9H2,1-2H3/t15-/m0/s1. The van der Waals surface area contributed by atoms with Crippen LogP contribution in [0.2, 0.25) is 0 Å². The van der Waals surface area contributed by atoms with Gasteiger partial charge in [-0.2, -0.15) is 0 Å². The molecule has 0 aliphatic heterocycles. The van der Waals surface area contributed by atoms with Crippen LogP contribution >= 0.6 is 0 Å². The van der Waals surface area contributed by atoms with Crippen LogP contribution in [0.1, 0.15) is 11.1 Å². The molecule has 2 aromatic heterocycles. The lowest BCUT2D eigenvalue weighted by atomic mass is 10.1. The Labute approximate surface area is 154 Å². The van der Waals surface area contributed by atoms with Crippen molar-refractivity contribution in [3.8, 4) is 0 Å². The second-order valence-corrected chi connectivity index (χ2v) is 6.84. The smallest absolute Gasteiger partial charge is 0.261 e. The van der Waals surface area contributed by atoms with Gasteiger partial charge in [-0.3, -0.25) is 9.36 Å². The lowest BCUT2D eigenvalue weighted by Gasteiger charge is -2.14. The number of aliphatic hydroxyl groups excluding tert-OH is 1. The number of nitrogens with zero attached hydrogens (tertiary/aromatic N) is 4. The van der Waals surface area contributed by atoms with Crippen LogP contribution in [-0.2, 0) is 13.1 Å². The monoisotopic (exact) mass is 366 g/mol. The molecule has 138 valence electrons. The van der Waals surface area contributed by atoms with Gasteiger partial charge in [-0.05, 0) is 49.2 Å². The minimum absolute atomic E-state index is 0.0870. The minimum atomic E-state index is -0.804. The zero-order valence-corrected chi connectivity index (χ0v) is 15.1. The number of fused-ring (bicyclic) bond motifs is 2. The van der Waals surface area contributed by atoms with Crippen molar-refractivity contribution in [2.24, 2.45) is 0 Å². The summed E-state index contributed by atoms with van der Waals surface area (Å²) in [6.45, 7) is 4.45. The Morgan fingerprint density at radius 2 is 1.67 bits per heavy atom. The molecule has 0 radical (unpaired) electrons. The van der Waals surface area contributed by atoms with Gasteiger partial charge in [0.1, 0.15) is 5.82 Å². The van der Waals surface area contributed by atoms with Crippen LogP contribution in [0.3, 0.4) is 0 Å². The Hall–Kier alpha value is -3.06. The summed E-state index contributed by atoms with van der Waals surface area (Å²) in [5.74, 6) is -0.440. The van der Waals surface area contributed by atoms with E-state index in [-0.39, 0.29) is 12.1 Å². The second-order valence-electron chi connectivity index (χ2n) is 6.84. The van der Waals surface area contributed by atoms with E-state index in [0.717, 1.165) is 16.6 Å². The van der Waals surface area contributed by atoms with E-state index in [2.05, 4.69) is 9.97 Å². The fraction of sp³-hybridized carbons (Fsp3) is 0.250. The fourth-order valence-electron chi connectivity index (χ4n) is 3.23. The van der Waals surface area contributed by atoms with Gasteiger partial charge in [0.2, 0.25) is 0 Å². The normalized spacial score (nSPS) is 12.7. The molecule has 7 heteroatoms. The van der Waals surface area contributed by atoms with Crippen LogP contribution in [0, 0.1) is 19.7 Å². The van der Waals surface area contributed by atoms with Crippen molar-refractivity contribution >= 4 is 21.9 Å². The average Bonchev–Trinajstić information content (AvgIpc) is 2.99. The van der Waals surface area contributed by atoms with E-state index < -0.39 is 11.9 Å². The van der Waals surface area contributed by atoms with Crippen molar-refractivity contribution in [2.75, 3.05) is 0 Å². The van der Waals surface area contributed by atoms with Crippen LogP contribution in [0.15, 0.2) is 47.8 Å². The Morgan fingerprint density at radius 1 is 1.00 bits per heavy atom. The van der Waals surface area contributed by atoms with Gasteiger partial charge in [0, 0.05) is 6.07 Å². The average molecular weight is 366 g/mol. The quantitative estimate of drug-likeness (QED) is 0.602. The van der Waals surface area contributed by atoms with Crippen LogP contribution in [0.5, 0.6) is 0 Å². The van der Waals surface area contributed by atoms with E-state index in [0.29, 0.717) is 17.4 Å². The van der Waals surface area contributed by atoms with Gasteiger partial charge in [0.25, 0.3) is 5.56 Å². The summed E-state index contributed by atoms with van der Waals surface area (Å²) in [7, 11) is 0. The summed E-state index contributed by atoms with van der Waals surface area (Å²) in [6, 6.07) is 7.93. The Morgan fingerprint density at radius 3 is 2.48 bits per heavy atom. The van der Waals surface area contributed by atoms with Crippen molar-refractivity contribution in [3.05, 3.63) is 70.3 Å². The third kappa shape index (κ3) is 3.21. The van der Waals surface area contributed by atoms with Gasteiger partial charge >= 0.3 is 0 Å². The Bertz CT molecular complexity index is 1210. The number of benzene rings is 2. The molecule has 4 rings (SSSR count). The van der Waals surface area contributed by atoms with E-state index in [1.54, 1.807) is 6.33 Å². The van der Waals surface area contributed by atoms with Gasteiger partial charge in [-0.1, -0.05) is 0 Å². The molecule has 0 saturated carbocycles. The number of halogens is 1. The largest absolute Gasteiger partial charge is 0.389 e. The highest BCUT2D eigenvalue weighted by Gasteiger charge is 2.13. The first-order valence-corrected chi connectivity index (χ1v) is 8.67. The maximum Gasteiger partial charge on any atom is 0.261 e. The van der Waals surface area contributed by atoms with Crippen LogP contribution in [0.4, 0.5) is 4.39 Å². The van der Waals surface area contributed by atoms with Gasteiger partial charge in [-0.25, -0.2) is 14.4 Å². The van der Waals surface area contributed by atoms with Gasteiger partial charge in [0.05, 0.1) is 53.8 Å². The molecular weight excluding hydrogens is 347 g/mol. The molecule has 0 amide bonds. The highest BCUT2D eigenvalue weighted by molar-refractivity contribution is 5.78. The molecule has 2 heterocycles. The summed E-state index contributed by atoms with van der Waals surface area (Å²) >= 11 is 0. The SMILES string of the molecule is Cc1cc2ncn(C[C@H](O)Cn3cnc4cc(F)ccc4c3=O)c2cc1C. The molecule has 6 nitrogen and oxygen atoms in total. The van der Waals surface area contributed by atoms with Crippen molar-refractivity contribution in [3.63, 3.8) is 0 Å². The number of aliphatic hydroxyl groups is 1. The maximum absolute atomic E-state index is 13.3. The highest BCUT2D eigenvalue weighted by Crippen LogP contribution is 2.19. The number of aromatic nitrogens is 4. The van der Waals surface area contributed by atoms with Crippen molar-refractivity contribution in [2.45, 2.75) is 33.0 Å². The molecule has 1 atom stereocenters. The minimum Gasteiger partial charge on any atom is -0.389 e. The Kier molecular flexibility index (Phi) is 4.24. The molecule has 2 aromatic carbocycles. The number of imidazole rings is 1. The second kappa shape index (κ2) is 6.59. The van der Waals surface area contributed by atoms with Crippen LogP contribution in [-0.4, -0.2) is 30.3 Å². The van der Waals surface area contributed by atoms with Crippen molar-refractivity contribution < 1.29 is 9.50 Å². The molecule has 0 spiro atoms. The third-order valence-corrected chi connectivity index (χ3v) is 4.84. The summed E-state index contributed by atoms with van der Waals surface area (Å²) < 4.78 is 16.5. The number of hydrogen-bond acceptors (Lipinski definition) is 4. The first-order chi connectivity index (χ1) is 12.9. The highest BCUT2D eigenvalue weighted by atomic mass is 19.1. The lowest BCUT2D eigenvalue weighted by molar-refractivity contribution is 0.134. The van der Waals surface area contributed by atoms with E-state index >= 15 is 0 Å². The van der Waals surface area contributed by atoms with Crippen LogP contribution in [0.25, 0.3) is 21.9 Å². The summed E-state index contributed by atoms with van der Waals surface area (Å²) in [5, 5.41) is 10.8. The summed E-state index contributed by atoms with van der Waals surface area (Å²) in [4.78, 5) is 21.0. The van der Waals surface area contributed by atoms with E-state index in [1.165, 1.54) is 34.7 Å². The number of hydrogen-bond donors (Lipinski definition) is 1. The molecule has 0 unspecified atom stereocenters. The van der Waals surface area contributed by atoms with E-state index in [9.17, 15) is 14.3 Å². The first-order valence-electron chi connectivity index (χ1n) is 8.67. The van der Waals surface area contributed by atoms with Gasteiger partial charge < -0.3 is 9.67 Å². The fourth-order valence-corrected chi connectivity index (χ4v) is 3.23. The van der Waals surface area contributed by atoms with E-state index in [1.807, 2.05) is 30.5 Å².